The molecule has 0 radical (unpaired) electrons. The Morgan fingerprint density at radius 1 is 1.10 bits per heavy atom. The third-order valence-electron chi connectivity index (χ3n) is 2.97. The number of carbonyl (C=O) groups is 1. The van der Waals surface area contributed by atoms with E-state index >= 15 is 0 Å². The molecule has 3 heteroatoms. The molecule has 0 amide bonds. The Kier molecular flexibility index (Phi) is 2.03. The highest BCUT2D eigenvalue weighted by atomic mass is 35.5. The summed E-state index contributed by atoms with van der Waals surface area (Å²) in [5, 5.41) is -0.0975. The zero-order chi connectivity index (χ0) is 20.9. The van der Waals surface area contributed by atoms with Crippen LogP contribution in [-0.2, 0) is 4.74 Å². The number of halogens is 1. The molecule has 0 fully saturated rings. The zero-order valence-electron chi connectivity index (χ0n) is 17.9. The number of benzene rings is 3. The van der Waals surface area contributed by atoms with Crippen molar-refractivity contribution in [2.45, 2.75) is 0 Å². The van der Waals surface area contributed by atoms with Crippen molar-refractivity contribution in [2.24, 2.45) is 0 Å². The minimum absolute atomic E-state index is 0.0197. The van der Waals surface area contributed by atoms with Crippen molar-refractivity contribution >= 4 is 28.3 Å². The van der Waals surface area contributed by atoms with Gasteiger partial charge in [-0.15, -0.1) is 0 Å². The lowest BCUT2D eigenvalue weighted by Gasteiger charge is -2.11. The third kappa shape index (κ3) is 2.50. The number of fused-ring (bicyclic) bond motifs is 1. The number of ether oxygens (including phenoxy) is 1. The van der Waals surface area contributed by atoms with Gasteiger partial charge in [0, 0.05) is 5.02 Å². The molecule has 3 aromatic carbocycles. The average molecular weight is 304 g/mol. The maximum absolute atomic E-state index is 12.2. The van der Waals surface area contributed by atoms with Gasteiger partial charge in [-0.1, -0.05) is 53.9 Å². The molecule has 0 bridgehead atoms. The van der Waals surface area contributed by atoms with Crippen LogP contribution in [0.5, 0.6) is 0 Å². The highest BCUT2D eigenvalue weighted by Crippen LogP contribution is 2.33. The van der Waals surface area contributed by atoms with E-state index in [2.05, 4.69) is 0 Å². The first-order chi connectivity index (χ1) is 13.1. The molecule has 0 saturated carbocycles. The fraction of sp³-hybridized carbons (Fsp3) is 0.0556. The summed E-state index contributed by atoms with van der Waals surface area (Å²) in [7, 11) is 1.18. The summed E-state index contributed by atoms with van der Waals surface area (Å²) in [5.74, 6) is -0.735. The van der Waals surface area contributed by atoms with Gasteiger partial charge in [-0.3, -0.25) is 0 Å². The standard InChI is InChI=1S/C18H13ClO2/c1-21-18(20)16-10-9-13(19)11-17(16)15-8-4-6-12-5-2-3-7-14(12)15/h2-11H,1H3/i2D,3D,4D,5D,6D,7D,8D. The van der Waals surface area contributed by atoms with E-state index < -0.39 is 48.3 Å². The molecule has 21 heavy (non-hydrogen) atoms. The van der Waals surface area contributed by atoms with Crippen LogP contribution >= 0.6 is 11.6 Å². The predicted molar refractivity (Wildman–Crippen MR) is 85.7 cm³/mol. The molecule has 0 aromatic heterocycles. The summed E-state index contributed by atoms with van der Waals surface area (Å²) in [6.07, 6.45) is 0. The Morgan fingerprint density at radius 3 is 2.67 bits per heavy atom. The van der Waals surface area contributed by atoms with Gasteiger partial charge in [-0.2, -0.15) is 0 Å². The Bertz CT molecular complexity index is 1150. The summed E-state index contributed by atoms with van der Waals surface area (Å²) in [4.78, 5) is 12.2. The lowest BCUT2D eigenvalue weighted by atomic mass is 9.94. The van der Waals surface area contributed by atoms with Crippen molar-refractivity contribution in [3.05, 3.63) is 71.1 Å². The van der Waals surface area contributed by atoms with Crippen LogP contribution in [0.25, 0.3) is 21.9 Å². The monoisotopic (exact) mass is 303 g/mol. The Labute approximate surface area is 137 Å². The van der Waals surface area contributed by atoms with Crippen LogP contribution < -0.4 is 0 Å². The molecule has 2 nitrogen and oxygen atoms in total. The van der Waals surface area contributed by atoms with Crippen LogP contribution in [0.3, 0.4) is 0 Å². The van der Waals surface area contributed by atoms with Gasteiger partial charge in [0.1, 0.15) is 0 Å². The summed E-state index contributed by atoms with van der Waals surface area (Å²) in [5.41, 5.74) is 0.0324. The van der Waals surface area contributed by atoms with Crippen LogP contribution in [0.4, 0.5) is 0 Å². The fourth-order valence-electron chi connectivity index (χ4n) is 2.03. The second-order valence-corrected chi connectivity index (χ2v) is 4.62. The highest BCUT2D eigenvalue weighted by molar-refractivity contribution is 6.31. The quantitative estimate of drug-likeness (QED) is 0.626. The van der Waals surface area contributed by atoms with Gasteiger partial charge in [0.15, 0.2) is 0 Å². The van der Waals surface area contributed by atoms with Crippen LogP contribution in [-0.4, -0.2) is 13.1 Å². The Morgan fingerprint density at radius 2 is 1.86 bits per heavy atom. The number of hydrogen-bond donors (Lipinski definition) is 0. The van der Waals surface area contributed by atoms with Crippen molar-refractivity contribution in [3.63, 3.8) is 0 Å². The molecular formula is C18H13ClO2. The third-order valence-corrected chi connectivity index (χ3v) is 3.20. The molecule has 0 spiro atoms. The van der Waals surface area contributed by atoms with E-state index in [4.69, 9.17) is 25.9 Å². The topological polar surface area (TPSA) is 26.3 Å². The smallest absolute Gasteiger partial charge is 0.338 e. The number of hydrogen-bond acceptors (Lipinski definition) is 2. The summed E-state index contributed by atoms with van der Waals surface area (Å²) in [6.45, 7) is 0. The van der Waals surface area contributed by atoms with E-state index in [1.807, 2.05) is 0 Å². The van der Waals surface area contributed by atoms with Crippen molar-refractivity contribution in [1.82, 2.24) is 0 Å². The minimum atomic E-state index is -0.735. The molecule has 0 N–H and O–H groups in total. The van der Waals surface area contributed by atoms with Gasteiger partial charge in [-0.05, 0) is 40.1 Å². The summed E-state index contributed by atoms with van der Waals surface area (Å²) in [6, 6.07) is 0.671. The van der Waals surface area contributed by atoms with Crippen LogP contribution in [0.2, 0.25) is 5.02 Å². The molecule has 0 aliphatic heterocycles. The molecule has 3 aromatic rings. The van der Waals surface area contributed by atoms with Gasteiger partial charge < -0.3 is 4.74 Å². The Hall–Kier alpha value is -2.32. The van der Waals surface area contributed by atoms with E-state index in [-0.39, 0.29) is 32.5 Å². The van der Waals surface area contributed by atoms with Crippen LogP contribution in [0.1, 0.15) is 20.0 Å². The van der Waals surface area contributed by atoms with Crippen LogP contribution in [0.15, 0.2) is 60.5 Å². The summed E-state index contributed by atoms with van der Waals surface area (Å²) >= 11 is 6.07. The molecule has 0 aliphatic rings. The van der Waals surface area contributed by atoms with E-state index in [1.165, 1.54) is 25.3 Å². The van der Waals surface area contributed by atoms with E-state index in [0.29, 0.717) is 0 Å². The Balaban J connectivity index is 2.65. The van der Waals surface area contributed by atoms with Crippen molar-refractivity contribution in [3.8, 4) is 11.1 Å². The van der Waals surface area contributed by atoms with Crippen molar-refractivity contribution in [1.29, 1.82) is 0 Å². The van der Waals surface area contributed by atoms with Crippen molar-refractivity contribution in [2.75, 3.05) is 7.11 Å². The molecule has 0 unspecified atom stereocenters. The number of carbonyl (C=O) groups excluding carboxylic acids is 1. The zero-order valence-corrected chi connectivity index (χ0v) is 11.7. The molecule has 104 valence electrons. The lowest BCUT2D eigenvalue weighted by molar-refractivity contribution is 0.0601. The molecule has 0 heterocycles. The largest absolute Gasteiger partial charge is 0.465 e. The van der Waals surface area contributed by atoms with Gasteiger partial charge in [-0.25, -0.2) is 4.79 Å². The maximum atomic E-state index is 12.2. The number of esters is 1. The SMILES string of the molecule is [2H]c1c([2H])c([2H])c2c(-c3cc(Cl)ccc3C(=O)OC)c([2H])c([2H])c([2H])c2c1[2H]. The second-order valence-electron chi connectivity index (χ2n) is 4.18. The molecule has 0 saturated heterocycles. The summed E-state index contributed by atoms with van der Waals surface area (Å²) < 4.78 is 61.6. The maximum Gasteiger partial charge on any atom is 0.338 e. The van der Waals surface area contributed by atoms with Gasteiger partial charge >= 0.3 is 5.97 Å². The number of rotatable bonds is 2. The van der Waals surface area contributed by atoms with E-state index in [0.717, 1.165) is 0 Å². The molecular weight excluding hydrogens is 284 g/mol. The molecule has 0 aliphatic carbocycles. The minimum Gasteiger partial charge on any atom is -0.465 e. The first kappa shape index (κ1) is 7.62. The van der Waals surface area contributed by atoms with Gasteiger partial charge in [0.2, 0.25) is 0 Å². The highest BCUT2D eigenvalue weighted by Gasteiger charge is 2.15. The van der Waals surface area contributed by atoms with E-state index in [9.17, 15) is 4.79 Å². The predicted octanol–water partition coefficient (Wildman–Crippen LogP) is 4.95. The second kappa shape index (κ2) is 5.58. The normalized spacial score (nSPS) is 15.2. The van der Waals surface area contributed by atoms with Crippen molar-refractivity contribution < 1.29 is 19.1 Å². The first-order valence-corrected chi connectivity index (χ1v) is 6.37. The van der Waals surface area contributed by atoms with Gasteiger partial charge in [0.25, 0.3) is 0 Å². The lowest BCUT2D eigenvalue weighted by Crippen LogP contribution is -2.03. The fourth-order valence-corrected chi connectivity index (χ4v) is 2.20. The average Bonchev–Trinajstić information content (AvgIpc) is 2.68. The van der Waals surface area contributed by atoms with Gasteiger partial charge in [0.05, 0.1) is 22.3 Å². The molecule has 3 rings (SSSR count). The van der Waals surface area contributed by atoms with E-state index in [1.54, 1.807) is 0 Å². The number of methoxy groups -OCH3 is 1. The van der Waals surface area contributed by atoms with Crippen LogP contribution in [0, 0.1) is 0 Å². The molecule has 0 atom stereocenters. The first-order valence-electron chi connectivity index (χ1n) is 9.49.